The Morgan fingerprint density at radius 2 is 1.75 bits per heavy atom. The summed E-state index contributed by atoms with van der Waals surface area (Å²) in [7, 11) is 1.70. The van der Waals surface area contributed by atoms with E-state index in [9.17, 15) is 0 Å². The zero-order valence-corrected chi connectivity index (χ0v) is 11.9. The molecule has 102 valence electrons. The number of hydrogen-bond acceptors (Lipinski definition) is 2. The lowest BCUT2D eigenvalue weighted by Gasteiger charge is -2.15. The van der Waals surface area contributed by atoms with Crippen molar-refractivity contribution in [2.24, 2.45) is 0 Å². The van der Waals surface area contributed by atoms with Crippen LogP contribution in [0.4, 0.5) is 0 Å². The molecule has 0 amide bonds. The van der Waals surface area contributed by atoms with E-state index < -0.39 is 0 Å². The van der Waals surface area contributed by atoms with Gasteiger partial charge in [0.2, 0.25) is 0 Å². The first-order chi connectivity index (χ1) is 9.81. The molecule has 0 saturated heterocycles. The van der Waals surface area contributed by atoms with Crippen LogP contribution in [0.5, 0.6) is 5.75 Å². The molecule has 0 spiro atoms. The Bertz CT molecular complexity index is 596. The van der Waals surface area contributed by atoms with Crippen LogP contribution in [0, 0.1) is 11.8 Å². The van der Waals surface area contributed by atoms with Gasteiger partial charge in [-0.2, -0.15) is 0 Å². The molecule has 2 aromatic carbocycles. The predicted molar refractivity (Wildman–Crippen MR) is 82.7 cm³/mol. The molecule has 0 radical (unpaired) electrons. The van der Waals surface area contributed by atoms with E-state index in [-0.39, 0.29) is 6.04 Å². The summed E-state index contributed by atoms with van der Waals surface area (Å²) in [6.45, 7) is 2.76. The van der Waals surface area contributed by atoms with Crippen LogP contribution in [0.25, 0.3) is 0 Å². The third-order valence-electron chi connectivity index (χ3n) is 3.11. The highest BCUT2D eigenvalue weighted by Crippen LogP contribution is 2.23. The van der Waals surface area contributed by atoms with Crippen LogP contribution in [0.15, 0.2) is 54.6 Å². The molecule has 0 saturated carbocycles. The number of rotatable bonds is 4. The highest BCUT2D eigenvalue weighted by molar-refractivity contribution is 5.36. The van der Waals surface area contributed by atoms with E-state index in [4.69, 9.17) is 4.74 Å². The van der Waals surface area contributed by atoms with Gasteiger partial charge in [0.25, 0.3) is 0 Å². The first-order valence-corrected chi connectivity index (χ1v) is 6.71. The SMILES string of the molecule is COc1ccccc1[C@@H](C)NCC#Cc1ccccc1. The molecule has 0 aliphatic carbocycles. The number of hydrogen-bond donors (Lipinski definition) is 1. The first-order valence-electron chi connectivity index (χ1n) is 6.71. The van der Waals surface area contributed by atoms with Crippen LogP contribution in [-0.2, 0) is 0 Å². The van der Waals surface area contributed by atoms with Gasteiger partial charge in [-0.05, 0) is 25.1 Å². The van der Waals surface area contributed by atoms with Gasteiger partial charge in [0.05, 0.1) is 13.7 Å². The third kappa shape index (κ3) is 3.88. The highest BCUT2D eigenvalue weighted by Gasteiger charge is 2.08. The van der Waals surface area contributed by atoms with Crippen molar-refractivity contribution in [2.45, 2.75) is 13.0 Å². The maximum atomic E-state index is 5.37. The molecule has 0 fully saturated rings. The van der Waals surface area contributed by atoms with Crippen LogP contribution in [0.1, 0.15) is 24.1 Å². The van der Waals surface area contributed by atoms with Gasteiger partial charge in [0, 0.05) is 17.2 Å². The fourth-order valence-electron chi connectivity index (χ4n) is 2.01. The molecule has 0 aromatic heterocycles. The summed E-state index contributed by atoms with van der Waals surface area (Å²) in [5, 5.41) is 3.39. The lowest BCUT2D eigenvalue weighted by atomic mass is 10.1. The average Bonchev–Trinajstić information content (AvgIpc) is 2.52. The Kier molecular flexibility index (Phi) is 5.23. The molecule has 2 rings (SSSR count). The topological polar surface area (TPSA) is 21.3 Å². The number of methoxy groups -OCH3 is 1. The second-order valence-electron chi connectivity index (χ2n) is 4.51. The second-order valence-corrected chi connectivity index (χ2v) is 4.51. The summed E-state index contributed by atoms with van der Waals surface area (Å²) in [5.74, 6) is 7.18. The normalized spacial score (nSPS) is 11.3. The van der Waals surface area contributed by atoms with Crippen LogP contribution >= 0.6 is 0 Å². The van der Waals surface area contributed by atoms with Crippen LogP contribution in [0.2, 0.25) is 0 Å². The standard InChI is InChI=1S/C18H19NO/c1-15(17-12-6-7-13-18(17)20-2)19-14-8-11-16-9-4-3-5-10-16/h3-7,9-10,12-13,15,19H,14H2,1-2H3/t15-/m1/s1. The van der Waals surface area contributed by atoms with Crippen LogP contribution < -0.4 is 10.1 Å². The summed E-state index contributed by atoms with van der Waals surface area (Å²) in [6, 6.07) is 18.3. The molecule has 0 bridgehead atoms. The molecule has 2 heteroatoms. The Morgan fingerprint density at radius 1 is 1.05 bits per heavy atom. The molecule has 0 aliphatic rings. The first kappa shape index (κ1) is 14.2. The second kappa shape index (κ2) is 7.37. The van der Waals surface area contributed by atoms with E-state index in [1.807, 2.05) is 48.5 Å². The van der Waals surface area contributed by atoms with Crippen molar-refractivity contribution in [3.05, 3.63) is 65.7 Å². The molecule has 0 aliphatic heterocycles. The zero-order valence-electron chi connectivity index (χ0n) is 11.9. The third-order valence-corrected chi connectivity index (χ3v) is 3.11. The van der Waals surface area contributed by atoms with E-state index in [0.29, 0.717) is 6.54 Å². The Morgan fingerprint density at radius 3 is 2.50 bits per heavy atom. The van der Waals surface area contributed by atoms with Gasteiger partial charge >= 0.3 is 0 Å². The molecule has 0 heterocycles. The van der Waals surface area contributed by atoms with Crippen molar-refractivity contribution in [1.82, 2.24) is 5.32 Å². The number of ether oxygens (including phenoxy) is 1. The highest BCUT2D eigenvalue weighted by atomic mass is 16.5. The smallest absolute Gasteiger partial charge is 0.123 e. The molecular formula is C18H19NO. The fraction of sp³-hybridized carbons (Fsp3) is 0.222. The van der Waals surface area contributed by atoms with E-state index in [0.717, 1.165) is 16.9 Å². The van der Waals surface area contributed by atoms with Crippen LogP contribution in [0.3, 0.4) is 0 Å². The maximum Gasteiger partial charge on any atom is 0.123 e. The van der Waals surface area contributed by atoms with Crippen molar-refractivity contribution in [1.29, 1.82) is 0 Å². The van der Waals surface area contributed by atoms with Gasteiger partial charge in [-0.25, -0.2) is 0 Å². The Balaban J connectivity index is 1.93. The monoisotopic (exact) mass is 265 g/mol. The zero-order chi connectivity index (χ0) is 14.2. The van der Waals surface area contributed by atoms with Gasteiger partial charge in [0.1, 0.15) is 5.75 Å². The Hall–Kier alpha value is -2.24. The van der Waals surface area contributed by atoms with Crippen molar-refractivity contribution in [3.8, 4) is 17.6 Å². The molecule has 2 aromatic rings. The Labute approximate surface area is 120 Å². The molecule has 20 heavy (non-hydrogen) atoms. The summed E-state index contributed by atoms with van der Waals surface area (Å²) < 4.78 is 5.37. The predicted octanol–water partition coefficient (Wildman–Crippen LogP) is 3.40. The summed E-state index contributed by atoms with van der Waals surface area (Å²) in [4.78, 5) is 0. The van der Waals surface area contributed by atoms with Crippen molar-refractivity contribution in [3.63, 3.8) is 0 Å². The minimum atomic E-state index is 0.205. The van der Waals surface area contributed by atoms with Crippen molar-refractivity contribution < 1.29 is 4.74 Å². The van der Waals surface area contributed by atoms with E-state index in [1.165, 1.54) is 0 Å². The maximum absolute atomic E-state index is 5.37. The number of para-hydroxylation sites is 1. The number of benzene rings is 2. The van der Waals surface area contributed by atoms with Crippen molar-refractivity contribution >= 4 is 0 Å². The molecule has 0 unspecified atom stereocenters. The summed E-state index contributed by atoms with van der Waals surface area (Å²) >= 11 is 0. The van der Waals surface area contributed by atoms with Gasteiger partial charge in [-0.3, -0.25) is 5.32 Å². The van der Waals surface area contributed by atoms with E-state index in [1.54, 1.807) is 7.11 Å². The van der Waals surface area contributed by atoms with Gasteiger partial charge in [0.15, 0.2) is 0 Å². The minimum Gasteiger partial charge on any atom is -0.496 e. The molecule has 2 nitrogen and oxygen atoms in total. The van der Waals surface area contributed by atoms with Gasteiger partial charge < -0.3 is 4.74 Å². The molecule has 1 atom stereocenters. The fourth-order valence-corrected chi connectivity index (χ4v) is 2.01. The van der Waals surface area contributed by atoms with E-state index in [2.05, 4.69) is 30.1 Å². The van der Waals surface area contributed by atoms with E-state index >= 15 is 0 Å². The van der Waals surface area contributed by atoms with Gasteiger partial charge in [-0.15, -0.1) is 0 Å². The lowest BCUT2D eigenvalue weighted by molar-refractivity contribution is 0.403. The quantitative estimate of drug-likeness (QED) is 0.856. The summed E-state index contributed by atoms with van der Waals surface area (Å²) in [6.07, 6.45) is 0. The van der Waals surface area contributed by atoms with Crippen LogP contribution in [-0.4, -0.2) is 13.7 Å². The lowest BCUT2D eigenvalue weighted by Crippen LogP contribution is -2.19. The minimum absolute atomic E-state index is 0.205. The molecular weight excluding hydrogens is 246 g/mol. The largest absolute Gasteiger partial charge is 0.496 e. The summed E-state index contributed by atoms with van der Waals surface area (Å²) in [5.41, 5.74) is 2.19. The average molecular weight is 265 g/mol. The number of nitrogens with one attached hydrogen (secondary N) is 1. The van der Waals surface area contributed by atoms with Gasteiger partial charge in [-0.1, -0.05) is 48.2 Å². The molecule has 1 N–H and O–H groups in total. The van der Waals surface area contributed by atoms with Crippen molar-refractivity contribution in [2.75, 3.05) is 13.7 Å².